The van der Waals surface area contributed by atoms with Crippen molar-refractivity contribution in [3.8, 4) is 0 Å². The molecule has 2 aliphatic rings. The zero-order valence-electron chi connectivity index (χ0n) is 15.2. The van der Waals surface area contributed by atoms with Crippen molar-refractivity contribution in [3.05, 3.63) is 35.4 Å². The van der Waals surface area contributed by atoms with E-state index < -0.39 is 0 Å². The molecule has 1 heterocycles. The molecule has 2 fully saturated rings. The maximum absolute atomic E-state index is 12.4. The van der Waals surface area contributed by atoms with Crippen LogP contribution in [-0.4, -0.2) is 47.9 Å². The number of amides is 3. The summed E-state index contributed by atoms with van der Waals surface area (Å²) in [4.78, 5) is 28.1. The van der Waals surface area contributed by atoms with Gasteiger partial charge in [-0.3, -0.25) is 4.79 Å². The highest BCUT2D eigenvalue weighted by atomic mass is 16.2. The Kier molecular flexibility index (Phi) is 5.95. The van der Waals surface area contributed by atoms with Gasteiger partial charge < -0.3 is 15.1 Å². The third-order valence-corrected chi connectivity index (χ3v) is 5.37. The molecule has 1 saturated heterocycles. The van der Waals surface area contributed by atoms with Crippen LogP contribution in [0.2, 0.25) is 0 Å². The van der Waals surface area contributed by atoms with Gasteiger partial charge in [0, 0.05) is 26.2 Å². The Labute approximate surface area is 150 Å². The Bertz CT molecular complexity index is 611. The number of rotatable bonds is 5. The number of benzene rings is 1. The topological polar surface area (TPSA) is 52.6 Å². The van der Waals surface area contributed by atoms with Gasteiger partial charge >= 0.3 is 6.03 Å². The lowest BCUT2D eigenvalue weighted by molar-refractivity contribution is -0.135. The molecular weight excluding hydrogens is 314 g/mol. The molecule has 5 nitrogen and oxygen atoms in total. The predicted octanol–water partition coefficient (Wildman–Crippen LogP) is 2.93. The molecule has 0 aromatic heterocycles. The number of hydrogen-bond donors (Lipinski definition) is 1. The zero-order valence-corrected chi connectivity index (χ0v) is 15.2. The number of aryl methyl sites for hydroxylation is 1. The van der Waals surface area contributed by atoms with E-state index in [4.69, 9.17) is 0 Å². The first kappa shape index (κ1) is 17.8. The first-order chi connectivity index (χ1) is 12.1. The fraction of sp³-hybridized carbons (Fsp3) is 0.600. The van der Waals surface area contributed by atoms with E-state index in [0.29, 0.717) is 19.6 Å². The molecule has 0 atom stereocenters. The number of carbonyl (C=O) groups is 2. The number of nitrogens with one attached hydrogen (secondary N) is 1. The Morgan fingerprint density at radius 3 is 2.76 bits per heavy atom. The van der Waals surface area contributed by atoms with Crippen LogP contribution in [0.15, 0.2) is 24.3 Å². The molecule has 3 amide bonds. The Morgan fingerprint density at radius 1 is 1.24 bits per heavy atom. The van der Waals surface area contributed by atoms with Crippen LogP contribution in [0, 0.1) is 12.8 Å². The van der Waals surface area contributed by atoms with Gasteiger partial charge in [0.1, 0.15) is 6.54 Å². The minimum Gasteiger partial charge on any atom is -0.338 e. The average Bonchev–Trinajstić information content (AvgIpc) is 3.10. The number of hydrogen-bond acceptors (Lipinski definition) is 2. The minimum atomic E-state index is -0.0958. The lowest BCUT2D eigenvalue weighted by atomic mass is 10.0. The molecule has 1 aromatic rings. The number of urea groups is 1. The van der Waals surface area contributed by atoms with Crippen LogP contribution in [-0.2, 0) is 11.3 Å². The Morgan fingerprint density at radius 2 is 2.04 bits per heavy atom. The van der Waals surface area contributed by atoms with Gasteiger partial charge in [0.15, 0.2) is 0 Å². The molecule has 0 bridgehead atoms. The molecule has 1 saturated carbocycles. The fourth-order valence-electron chi connectivity index (χ4n) is 3.87. The third-order valence-electron chi connectivity index (χ3n) is 5.37. The molecular formula is C20H29N3O2. The number of carbonyl (C=O) groups excluding carboxylic acids is 2. The van der Waals surface area contributed by atoms with Crippen molar-refractivity contribution in [2.24, 2.45) is 5.92 Å². The quantitative estimate of drug-likeness (QED) is 0.894. The van der Waals surface area contributed by atoms with E-state index in [1.165, 1.54) is 31.2 Å². The van der Waals surface area contributed by atoms with Crippen LogP contribution in [0.5, 0.6) is 0 Å². The maximum Gasteiger partial charge on any atom is 0.317 e. The molecule has 1 aliphatic heterocycles. The molecule has 3 rings (SSSR count). The van der Waals surface area contributed by atoms with E-state index in [9.17, 15) is 9.59 Å². The van der Waals surface area contributed by atoms with Gasteiger partial charge in [-0.25, -0.2) is 4.79 Å². The van der Waals surface area contributed by atoms with Gasteiger partial charge in [0.2, 0.25) is 5.91 Å². The van der Waals surface area contributed by atoms with Crippen LogP contribution in [0.4, 0.5) is 4.79 Å². The molecule has 1 aliphatic carbocycles. The van der Waals surface area contributed by atoms with Crippen LogP contribution >= 0.6 is 0 Å². The van der Waals surface area contributed by atoms with E-state index >= 15 is 0 Å². The zero-order chi connectivity index (χ0) is 17.6. The van der Waals surface area contributed by atoms with Crippen molar-refractivity contribution >= 4 is 11.9 Å². The highest BCUT2D eigenvalue weighted by Crippen LogP contribution is 2.26. The smallest absolute Gasteiger partial charge is 0.317 e. The second-order valence-electron chi connectivity index (χ2n) is 7.40. The average molecular weight is 343 g/mol. The van der Waals surface area contributed by atoms with E-state index in [-0.39, 0.29) is 18.5 Å². The molecule has 25 heavy (non-hydrogen) atoms. The van der Waals surface area contributed by atoms with Gasteiger partial charge in [-0.1, -0.05) is 55.5 Å². The molecule has 0 unspecified atom stereocenters. The largest absolute Gasteiger partial charge is 0.338 e. The van der Waals surface area contributed by atoms with Crippen LogP contribution in [0.25, 0.3) is 0 Å². The van der Waals surface area contributed by atoms with Crippen molar-refractivity contribution in [3.63, 3.8) is 0 Å². The summed E-state index contributed by atoms with van der Waals surface area (Å²) in [6, 6.07) is 8.13. The molecule has 0 radical (unpaired) electrons. The standard InChI is InChI=1S/C20H29N3O2/c1-16-5-4-8-18(13-16)14-22-11-12-23(15-19(22)24)20(25)21-10-9-17-6-2-3-7-17/h4-5,8,13,17H,2-3,6-7,9-12,14-15H2,1H3,(H,21,25). The first-order valence-electron chi connectivity index (χ1n) is 9.48. The Balaban J connectivity index is 1.42. The summed E-state index contributed by atoms with van der Waals surface area (Å²) in [5, 5.41) is 2.99. The van der Waals surface area contributed by atoms with E-state index in [1.807, 2.05) is 17.0 Å². The van der Waals surface area contributed by atoms with E-state index in [0.717, 1.165) is 24.4 Å². The number of nitrogens with zero attached hydrogens (tertiary/aromatic N) is 2. The highest BCUT2D eigenvalue weighted by Gasteiger charge is 2.27. The molecule has 0 spiro atoms. The summed E-state index contributed by atoms with van der Waals surface area (Å²) < 4.78 is 0. The third kappa shape index (κ3) is 4.97. The molecule has 1 N–H and O–H groups in total. The van der Waals surface area contributed by atoms with Crippen molar-refractivity contribution in [1.29, 1.82) is 0 Å². The SMILES string of the molecule is Cc1cccc(CN2CCN(C(=O)NCCC3CCCC3)CC2=O)c1. The second-order valence-corrected chi connectivity index (χ2v) is 7.40. The summed E-state index contributed by atoms with van der Waals surface area (Å²) in [6.45, 7) is 4.79. The van der Waals surface area contributed by atoms with Crippen molar-refractivity contribution < 1.29 is 9.59 Å². The van der Waals surface area contributed by atoms with Gasteiger partial charge in [-0.15, -0.1) is 0 Å². The minimum absolute atomic E-state index is 0.0266. The van der Waals surface area contributed by atoms with Crippen molar-refractivity contribution in [1.82, 2.24) is 15.1 Å². The van der Waals surface area contributed by atoms with Gasteiger partial charge in [0.25, 0.3) is 0 Å². The van der Waals surface area contributed by atoms with Gasteiger partial charge in [-0.05, 0) is 24.8 Å². The van der Waals surface area contributed by atoms with Crippen LogP contribution in [0.3, 0.4) is 0 Å². The van der Waals surface area contributed by atoms with Crippen molar-refractivity contribution in [2.45, 2.75) is 45.6 Å². The second kappa shape index (κ2) is 8.37. The van der Waals surface area contributed by atoms with Gasteiger partial charge in [-0.2, -0.15) is 0 Å². The summed E-state index contributed by atoms with van der Waals surface area (Å²) in [5.41, 5.74) is 2.34. The summed E-state index contributed by atoms with van der Waals surface area (Å²) in [5.74, 6) is 0.798. The maximum atomic E-state index is 12.4. The van der Waals surface area contributed by atoms with Crippen LogP contribution in [0.1, 0.15) is 43.2 Å². The predicted molar refractivity (Wildman–Crippen MR) is 98.1 cm³/mol. The first-order valence-corrected chi connectivity index (χ1v) is 9.48. The lowest BCUT2D eigenvalue weighted by Crippen LogP contribution is -2.54. The van der Waals surface area contributed by atoms with Gasteiger partial charge in [0.05, 0.1) is 0 Å². The van der Waals surface area contributed by atoms with E-state index in [1.54, 1.807) is 4.90 Å². The van der Waals surface area contributed by atoms with Crippen LogP contribution < -0.4 is 5.32 Å². The van der Waals surface area contributed by atoms with Crippen molar-refractivity contribution in [2.75, 3.05) is 26.2 Å². The lowest BCUT2D eigenvalue weighted by Gasteiger charge is -2.34. The molecule has 5 heteroatoms. The monoisotopic (exact) mass is 343 g/mol. The Hall–Kier alpha value is -2.04. The highest BCUT2D eigenvalue weighted by molar-refractivity contribution is 5.85. The summed E-state index contributed by atoms with van der Waals surface area (Å²) in [6.07, 6.45) is 6.32. The normalized spacial score (nSPS) is 18.7. The fourth-order valence-corrected chi connectivity index (χ4v) is 3.87. The summed E-state index contributed by atoms with van der Waals surface area (Å²) in [7, 11) is 0. The molecule has 1 aromatic carbocycles. The number of piperazine rings is 1. The summed E-state index contributed by atoms with van der Waals surface area (Å²) >= 11 is 0. The van der Waals surface area contributed by atoms with E-state index in [2.05, 4.69) is 24.4 Å². The molecule has 136 valence electrons.